The summed E-state index contributed by atoms with van der Waals surface area (Å²) in [6.07, 6.45) is 0. The van der Waals surface area contributed by atoms with Crippen molar-refractivity contribution in [3.05, 3.63) is 69.8 Å². The van der Waals surface area contributed by atoms with Crippen LogP contribution in [0.4, 0.5) is 0 Å². The van der Waals surface area contributed by atoms with E-state index in [0.29, 0.717) is 0 Å². The molecule has 18 heavy (non-hydrogen) atoms. The van der Waals surface area contributed by atoms with E-state index in [9.17, 15) is 0 Å². The second kappa shape index (κ2) is 5.16. The molecule has 0 radical (unpaired) electrons. The van der Waals surface area contributed by atoms with Crippen LogP contribution in [0.2, 0.25) is 0 Å². The summed E-state index contributed by atoms with van der Waals surface area (Å²) in [7, 11) is 0. The summed E-state index contributed by atoms with van der Waals surface area (Å²) in [6, 6.07) is 12.8. The fraction of sp³-hybridized carbons (Fsp3) is 0.294. The van der Waals surface area contributed by atoms with E-state index in [1.807, 2.05) is 0 Å². The third-order valence-corrected chi connectivity index (χ3v) is 4.23. The molecule has 2 aromatic carbocycles. The highest BCUT2D eigenvalue weighted by Crippen LogP contribution is 2.32. The lowest BCUT2D eigenvalue weighted by Gasteiger charge is -2.16. The van der Waals surface area contributed by atoms with Crippen molar-refractivity contribution in [2.75, 3.05) is 0 Å². The van der Waals surface area contributed by atoms with Gasteiger partial charge in [-0.25, -0.2) is 0 Å². The predicted molar refractivity (Wildman–Crippen MR) is 79.5 cm³/mol. The first-order chi connectivity index (χ1) is 8.50. The van der Waals surface area contributed by atoms with Crippen LogP contribution in [0.5, 0.6) is 0 Å². The minimum Gasteiger partial charge on any atom is -0.113 e. The van der Waals surface area contributed by atoms with Crippen LogP contribution in [-0.4, -0.2) is 0 Å². The maximum atomic E-state index is 6.63. The van der Waals surface area contributed by atoms with E-state index in [1.54, 1.807) is 0 Å². The van der Waals surface area contributed by atoms with Crippen LogP contribution in [0.1, 0.15) is 38.8 Å². The molecule has 0 N–H and O–H groups in total. The van der Waals surface area contributed by atoms with E-state index in [0.717, 1.165) is 0 Å². The van der Waals surface area contributed by atoms with Gasteiger partial charge in [0, 0.05) is 0 Å². The average Bonchev–Trinajstić information content (AvgIpc) is 2.35. The van der Waals surface area contributed by atoms with Crippen LogP contribution < -0.4 is 0 Å². The Hall–Kier alpha value is -1.27. The molecule has 94 valence electrons. The zero-order valence-electron chi connectivity index (χ0n) is 11.4. The SMILES string of the molecule is Cc1ccc(C(Cl)c2cccc(C)c2C)cc1C. The Kier molecular flexibility index (Phi) is 3.77. The minimum absolute atomic E-state index is 0.0656. The quantitative estimate of drug-likeness (QED) is 0.646. The van der Waals surface area contributed by atoms with E-state index >= 15 is 0 Å². The molecular formula is C17H19Cl. The fourth-order valence-electron chi connectivity index (χ4n) is 2.15. The van der Waals surface area contributed by atoms with Gasteiger partial charge in [0.05, 0.1) is 5.38 Å². The molecule has 0 fully saturated rings. The molecule has 0 aromatic heterocycles. The van der Waals surface area contributed by atoms with Crippen LogP contribution in [0.25, 0.3) is 0 Å². The number of alkyl halides is 1. The van der Waals surface area contributed by atoms with Crippen molar-refractivity contribution in [1.82, 2.24) is 0 Å². The molecule has 0 saturated carbocycles. The summed E-state index contributed by atoms with van der Waals surface area (Å²) >= 11 is 6.63. The lowest BCUT2D eigenvalue weighted by Crippen LogP contribution is -1.99. The fourth-order valence-corrected chi connectivity index (χ4v) is 2.52. The number of rotatable bonds is 2. The first kappa shape index (κ1) is 13.2. The summed E-state index contributed by atoms with van der Waals surface area (Å²) in [5, 5.41) is -0.0656. The van der Waals surface area contributed by atoms with Crippen molar-refractivity contribution in [2.24, 2.45) is 0 Å². The topological polar surface area (TPSA) is 0 Å². The summed E-state index contributed by atoms with van der Waals surface area (Å²) in [4.78, 5) is 0. The van der Waals surface area contributed by atoms with E-state index in [-0.39, 0.29) is 5.38 Å². The lowest BCUT2D eigenvalue weighted by atomic mass is 9.95. The molecule has 1 unspecified atom stereocenters. The lowest BCUT2D eigenvalue weighted by molar-refractivity contribution is 1.09. The summed E-state index contributed by atoms with van der Waals surface area (Å²) in [5.41, 5.74) is 7.57. The van der Waals surface area contributed by atoms with Gasteiger partial charge in [0.25, 0.3) is 0 Å². The highest BCUT2D eigenvalue weighted by molar-refractivity contribution is 6.22. The Labute approximate surface area is 115 Å². The van der Waals surface area contributed by atoms with Gasteiger partial charge in [0.1, 0.15) is 0 Å². The van der Waals surface area contributed by atoms with Gasteiger partial charge < -0.3 is 0 Å². The molecule has 1 atom stereocenters. The Morgan fingerprint density at radius 2 is 1.56 bits per heavy atom. The third-order valence-electron chi connectivity index (χ3n) is 3.74. The van der Waals surface area contributed by atoms with E-state index < -0.39 is 0 Å². The molecule has 0 aliphatic carbocycles. The number of aryl methyl sites for hydroxylation is 3. The average molecular weight is 259 g/mol. The Balaban J connectivity index is 2.44. The third kappa shape index (κ3) is 2.44. The molecule has 0 nitrogen and oxygen atoms in total. The van der Waals surface area contributed by atoms with Gasteiger partial charge >= 0.3 is 0 Å². The van der Waals surface area contributed by atoms with Crippen molar-refractivity contribution >= 4 is 11.6 Å². The molecule has 0 bridgehead atoms. The number of hydrogen-bond acceptors (Lipinski definition) is 0. The molecule has 0 aliphatic heterocycles. The predicted octanol–water partition coefficient (Wildman–Crippen LogP) is 5.25. The molecule has 2 rings (SSSR count). The molecule has 0 heterocycles. The first-order valence-corrected chi connectivity index (χ1v) is 6.71. The maximum absolute atomic E-state index is 6.63. The normalized spacial score (nSPS) is 12.5. The number of benzene rings is 2. The standard InChI is InChI=1S/C17H19Cl/c1-11-8-9-15(10-13(11)3)17(18)16-7-5-6-12(2)14(16)4/h5-10,17H,1-4H3. The van der Waals surface area contributed by atoms with E-state index in [4.69, 9.17) is 11.6 Å². The van der Waals surface area contributed by atoms with Gasteiger partial charge in [0.15, 0.2) is 0 Å². The van der Waals surface area contributed by atoms with Crippen molar-refractivity contribution in [2.45, 2.75) is 33.1 Å². The van der Waals surface area contributed by atoms with E-state index in [1.165, 1.54) is 33.4 Å². The minimum atomic E-state index is -0.0656. The summed E-state index contributed by atoms with van der Waals surface area (Å²) < 4.78 is 0. The molecular weight excluding hydrogens is 240 g/mol. The number of halogens is 1. The van der Waals surface area contributed by atoms with Crippen LogP contribution in [0.15, 0.2) is 36.4 Å². The van der Waals surface area contributed by atoms with Gasteiger partial charge in [-0.05, 0) is 61.1 Å². The number of hydrogen-bond donors (Lipinski definition) is 0. The van der Waals surface area contributed by atoms with Crippen LogP contribution in [-0.2, 0) is 0 Å². The van der Waals surface area contributed by atoms with Crippen molar-refractivity contribution < 1.29 is 0 Å². The zero-order valence-corrected chi connectivity index (χ0v) is 12.2. The van der Waals surface area contributed by atoms with Crippen molar-refractivity contribution in [1.29, 1.82) is 0 Å². The van der Waals surface area contributed by atoms with E-state index in [2.05, 4.69) is 64.1 Å². The molecule has 0 saturated heterocycles. The summed E-state index contributed by atoms with van der Waals surface area (Å²) in [6.45, 7) is 8.52. The Morgan fingerprint density at radius 3 is 2.22 bits per heavy atom. The zero-order chi connectivity index (χ0) is 13.3. The summed E-state index contributed by atoms with van der Waals surface area (Å²) in [5.74, 6) is 0. The Morgan fingerprint density at radius 1 is 0.833 bits per heavy atom. The van der Waals surface area contributed by atoms with Gasteiger partial charge in [-0.1, -0.05) is 36.4 Å². The largest absolute Gasteiger partial charge is 0.113 e. The second-order valence-electron chi connectivity index (χ2n) is 5.00. The molecule has 0 spiro atoms. The monoisotopic (exact) mass is 258 g/mol. The molecule has 1 heteroatoms. The molecule has 0 aliphatic rings. The highest BCUT2D eigenvalue weighted by atomic mass is 35.5. The maximum Gasteiger partial charge on any atom is 0.0838 e. The highest BCUT2D eigenvalue weighted by Gasteiger charge is 2.14. The van der Waals surface area contributed by atoms with Crippen LogP contribution in [0, 0.1) is 27.7 Å². The van der Waals surface area contributed by atoms with Crippen LogP contribution in [0.3, 0.4) is 0 Å². The molecule has 2 aromatic rings. The first-order valence-electron chi connectivity index (χ1n) is 6.28. The van der Waals surface area contributed by atoms with Gasteiger partial charge in [-0.15, -0.1) is 11.6 Å². The van der Waals surface area contributed by atoms with Gasteiger partial charge in [-0.3, -0.25) is 0 Å². The Bertz CT molecular complexity index is 570. The van der Waals surface area contributed by atoms with Gasteiger partial charge in [0.2, 0.25) is 0 Å². The molecule has 0 amide bonds. The smallest absolute Gasteiger partial charge is 0.0838 e. The second-order valence-corrected chi connectivity index (χ2v) is 5.43. The van der Waals surface area contributed by atoms with Crippen molar-refractivity contribution in [3.63, 3.8) is 0 Å². The van der Waals surface area contributed by atoms with Crippen LogP contribution >= 0.6 is 11.6 Å². The van der Waals surface area contributed by atoms with Crippen molar-refractivity contribution in [3.8, 4) is 0 Å². The van der Waals surface area contributed by atoms with Gasteiger partial charge in [-0.2, -0.15) is 0 Å².